The molecule has 1 aromatic rings. The van der Waals surface area contributed by atoms with Crippen LogP contribution in [0.1, 0.15) is 32.6 Å². The maximum Gasteiger partial charge on any atom is 0.243 e. The van der Waals surface area contributed by atoms with Crippen LogP contribution in [0.3, 0.4) is 0 Å². The molecule has 1 aromatic carbocycles. The van der Waals surface area contributed by atoms with E-state index in [1.54, 1.807) is 31.3 Å². The summed E-state index contributed by atoms with van der Waals surface area (Å²) in [6.45, 7) is 2.48. The maximum atomic E-state index is 12.5. The summed E-state index contributed by atoms with van der Waals surface area (Å²) in [5.41, 5.74) is 0. The van der Waals surface area contributed by atoms with E-state index in [1.807, 2.05) is 6.92 Å². The van der Waals surface area contributed by atoms with Gasteiger partial charge in [-0.2, -0.15) is 4.31 Å². The van der Waals surface area contributed by atoms with Gasteiger partial charge in [-0.1, -0.05) is 12.8 Å². The van der Waals surface area contributed by atoms with Gasteiger partial charge in [0, 0.05) is 13.1 Å². The molecule has 1 saturated carbocycles. The van der Waals surface area contributed by atoms with Crippen molar-refractivity contribution in [2.24, 2.45) is 0 Å². The molecule has 0 radical (unpaired) electrons. The second kappa shape index (κ2) is 5.92. The van der Waals surface area contributed by atoms with Crippen molar-refractivity contribution >= 4 is 10.0 Å². The summed E-state index contributed by atoms with van der Waals surface area (Å²) in [6.07, 6.45) is 4.17. The Balaban J connectivity index is 2.18. The van der Waals surface area contributed by atoms with E-state index in [2.05, 4.69) is 0 Å². The molecule has 0 saturated heterocycles. The molecule has 4 nitrogen and oxygen atoms in total. The molecule has 1 fully saturated rings. The summed E-state index contributed by atoms with van der Waals surface area (Å²) >= 11 is 0. The zero-order valence-electron chi connectivity index (χ0n) is 11.5. The number of hydrogen-bond acceptors (Lipinski definition) is 3. The minimum atomic E-state index is -3.38. The number of hydrogen-bond donors (Lipinski definition) is 0. The molecule has 1 aliphatic rings. The molecule has 0 spiro atoms. The predicted octanol–water partition coefficient (Wildman–Crippen LogP) is 2.65. The molecule has 0 aromatic heterocycles. The first-order valence-electron chi connectivity index (χ1n) is 6.76. The van der Waals surface area contributed by atoms with Gasteiger partial charge in [-0.25, -0.2) is 8.42 Å². The van der Waals surface area contributed by atoms with Crippen LogP contribution in [0.25, 0.3) is 0 Å². The van der Waals surface area contributed by atoms with Crippen LogP contribution in [0.5, 0.6) is 5.75 Å². The Morgan fingerprint density at radius 3 is 2.32 bits per heavy atom. The summed E-state index contributed by atoms with van der Waals surface area (Å²) < 4.78 is 31.8. The van der Waals surface area contributed by atoms with Crippen LogP contribution in [0.2, 0.25) is 0 Å². The molecule has 0 unspecified atom stereocenters. The van der Waals surface area contributed by atoms with Gasteiger partial charge in [0.15, 0.2) is 0 Å². The Kier molecular flexibility index (Phi) is 4.47. The normalized spacial score (nSPS) is 17.0. The number of nitrogens with zero attached hydrogens (tertiary/aromatic N) is 1. The lowest BCUT2D eigenvalue weighted by Gasteiger charge is -2.23. The van der Waals surface area contributed by atoms with Crippen LogP contribution in [0.4, 0.5) is 0 Å². The average molecular weight is 283 g/mol. The third-order valence-corrected chi connectivity index (χ3v) is 5.57. The van der Waals surface area contributed by atoms with Crippen LogP contribution in [-0.2, 0) is 10.0 Å². The van der Waals surface area contributed by atoms with Gasteiger partial charge in [-0.15, -0.1) is 0 Å². The standard InChI is InChI=1S/C14H21NO3S/c1-3-18-13-8-10-14(11-9-13)19(16,17)15(2)12-6-4-5-7-12/h8-12H,3-7H2,1-2H3. The average Bonchev–Trinajstić information content (AvgIpc) is 2.92. The van der Waals surface area contributed by atoms with Crippen molar-refractivity contribution < 1.29 is 13.2 Å². The van der Waals surface area contributed by atoms with E-state index < -0.39 is 10.0 Å². The minimum Gasteiger partial charge on any atom is -0.494 e. The van der Waals surface area contributed by atoms with Crippen molar-refractivity contribution in [3.05, 3.63) is 24.3 Å². The van der Waals surface area contributed by atoms with Crippen molar-refractivity contribution in [3.8, 4) is 5.75 Å². The van der Waals surface area contributed by atoms with Crippen molar-refractivity contribution in [2.75, 3.05) is 13.7 Å². The van der Waals surface area contributed by atoms with Gasteiger partial charge in [0.05, 0.1) is 11.5 Å². The number of ether oxygens (including phenoxy) is 1. The summed E-state index contributed by atoms with van der Waals surface area (Å²) in [6, 6.07) is 6.80. The summed E-state index contributed by atoms with van der Waals surface area (Å²) in [4.78, 5) is 0.338. The lowest BCUT2D eigenvalue weighted by molar-refractivity contribution is 0.340. The van der Waals surface area contributed by atoms with Crippen molar-refractivity contribution in [1.82, 2.24) is 4.31 Å². The fraction of sp³-hybridized carbons (Fsp3) is 0.571. The van der Waals surface area contributed by atoms with E-state index in [0.29, 0.717) is 17.3 Å². The highest BCUT2D eigenvalue weighted by Crippen LogP contribution is 2.27. The van der Waals surface area contributed by atoms with Crippen molar-refractivity contribution in [1.29, 1.82) is 0 Å². The lowest BCUT2D eigenvalue weighted by atomic mass is 10.3. The molecule has 5 heteroatoms. The first-order chi connectivity index (χ1) is 9.05. The van der Waals surface area contributed by atoms with E-state index in [4.69, 9.17) is 4.74 Å². The van der Waals surface area contributed by atoms with Crippen LogP contribution in [-0.4, -0.2) is 32.4 Å². The molecule has 0 amide bonds. The smallest absolute Gasteiger partial charge is 0.243 e. The number of sulfonamides is 1. The Bertz CT molecular complexity index is 504. The van der Waals surface area contributed by atoms with Gasteiger partial charge < -0.3 is 4.74 Å². The maximum absolute atomic E-state index is 12.5. The van der Waals surface area contributed by atoms with Gasteiger partial charge in [-0.3, -0.25) is 0 Å². The molecule has 19 heavy (non-hydrogen) atoms. The zero-order chi connectivity index (χ0) is 13.9. The van der Waals surface area contributed by atoms with E-state index in [1.165, 1.54) is 4.31 Å². The summed E-state index contributed by atoms with van der Waals surface area (Å²) in [5.74, 6) is 0.699. The minimum absolute atomic E-state index is 0.150. The van der Waals surface area contributed by atoms with Crippen LogP contribution in [0, 0.1) is 0 Å². The van der Waals surface area contributed by atoms with Crippen LogP contribution >= 0.6 is 0 Å². The second-order valence-corrected chi connectivity index (χ2v) is 6.86. The third kappa shape index (κ3) is 3.09. The van der Waals surface area contributed by atoms with Gasteiger partial charge in [0.25, 0.3) is 0 Å². The molecular weight excluding hydrogens is 262 g/mol. The fourth-order valence-corrected chi connectivity index (χ4v) is 3.92. The highest BCUT2D eigenvalue weighted by atomic mass is 32.2. The Morgan fingerprint density at radius 1 is 1.21 bits per heavy atom. The van der Waals surface area contributed by atoms with Gasteiger partial charge >= 0.3 is 0 Å². The SMILES string of the molecule is CCOc1ccc(S(=O)(=O)N(C)C2CCCC2)cc1. The molecule has 106 valence electrons. The topological polar surface area (TPSA) is 46.6 Å². The van der Waals surface area contributed by atoms with Gasteiger partial charge in [0.2, 0.25) is 10.0 Å². The molecule has 1 aliphatic carbocycles. The Labute approximate surface area is 115 Å². The molecule has 0 bridgehead atoms. The first-order valence-corrected chi connectivity index (χ1v) is 8.20. The Hall–Kier alpha value is -1.07. The fourth-order valence-electron chi connectivity index (χ4n) is 2.50. The molecular formula is C14H21NO3S. The number of benzene rings is 1. The van der Waals surface area contributed by atoms with E-state index >= 15 is 0 Å². The van der Waals surface area contributed by atoms with Crippen LogP contribution in [0.15, 0.2) is 29.2 Å². The highest BCUT2D eigenvalue weighted by Gasteiger charge is 2.29. The van der Waals surface area contributed by atoms with Crippen molar-refractivity contribution in [3.63, 3.8) is 0 Å². The van der Waals surface area contributed by atoms with Crippen LogP contribution < -0.4 is 4.74 Å². The van der Waals surface area contributed by atoms with Gasteiger partial charge in [-0.05, 0) is 44.0 Å². The summed E-state index contributed by atoms with van der Waals surface area (Å²) in [7, 11) is -1.69. The summed E-state index contributed by atoms with van der Waals surface area (Å²) in [5, 5.41) is 0. The zero-order valence-corrected chi connectivity index (χ0v) is 12.3. The Morgan fingerprint density at radius 2 is 1.79 bits per heavy atom. The van der Waals surface area contributed by atoms with E-state index in [9.17, 15) is 8.42 Å². The molecule has 0 atom stereocenters. The quantitative estimate of drug-likeness (QED) is 0.834. The third-order valence-electron chi connectivity index (χ3n) is 3.65. The van der Waals surface area contributed by atoms with E-state index in [0.717, 1.165) is 25.7 Å². The van der Waals surface area contributed by atoms with Gasteiger partial charge in [0.1, 0.15) is 5.75 Å². The molecule has 2 rings (SSSR count). The molecule has 0 N–H and O–H groups in total. The second-order valence-electron chi connectivity index (χ2n) is 4.86. The highest BCUT2D eigenvalue weighted by molar-refractivity contribution is 7.89. The van der Waals surface area contributed by atoms with Crippen molar-refractivity contribution in [2.45, 2.75) is 43.5 Å². The largest absolute Gasteiger partial charge is 0.494 e. The lowest BCUT2D eigenvalue weighted by Crippen LogP contribution is -2.35. The predicted molar refractivity (Wildman–Crippen MR) is 74.8 cm³/mol. The van der Waals surface area contributed by atoms with E-state index in [-0.39, 0.29) is 6.04 Å². The monoisotopic (exact) mass is 283 g/mol. The number of rotatable bonds is 5. The molecule has 0 aliphatic heterocycles. The first kappa shape index (κ1) is 14.3. The molecule has 0 heterocycles.